The first kappa shape index (κ1) is 20.4. The lowest BCUT2D eigenvalue weighted by Gasteiger charge is -2.41. The number of hydrogen-bond acceptors (Lipinski definition) is 2. The molecule has 158 valence electrons. The van der Waals surface area contributed by atoms with E-state index in [2.05, 4.69) is 54.8 Å². The van der Waals surface area contributed by atoms with Crippen molar-refractivity contribution in [2.75, 3.05) is 26.2 Å². The van der Waals surface area contributed by atoms with E-state index in [0.717, 1.165) is 58.3 Å². The second-order valence-electron chi connectivity index (χ2n) is 10.7. The Kier molecular flexibility index (Phi) is 5.48. The van der Waals surface area contributed by atoms with Crippen molar-refractivity contribution in [1.29, 1.82) is 0 Å². The van der Waals surface area contributed by atoms with Crippen molar-refractivity contribution in [3.63, 3.8) is 0 Å². The zero-order valence-electron chi connectivity index (χ0n) is 18.4. The fraction of sp³-hybridized carbons (Fsp3) is 0.680. The molecular weight excluding hydrogens is 360 g/mol. The smallest absolute Gasteiger partial charge is 0.223 e. The first-order valence-electron chi connectivity index (χ1n) is 11.4. The van der Waals surface area contributed by atoms with Gasteiger partial charge in [-0.25, -0.2) is 0 Å². The summed E-state index contributed by atoms with van der Waals surface area (Å²) in [6.45, 7) is 9.95. The van der Waals surface area contributed by atoms with E-state index in [1.165, 1.54) is 11.1 Å². The Morgan fingerprint density at radius 1 is 0.966 bits per heavy atom. The van der Waals surface area contributed by atoms with E-state index in [-0.39, 0.29) is 10.8 Å². The first-order valence-corrected chi connectivity index (χ1v) is 11.4. The van der Waals surface area contributed by atoms with Crippen LogP contribution in [0.1, 0.15) is 82.8 Å². The van der Waals surface area contributed by atoms with Crippen molar-refractivity contribution in [2.45, 2.75) is 77.0 Å². The number of nitrogens with zero attached hydrogens (tertiary/aromatic N) is 2. The van der Waals surface area contributed by atoms with Crippen LogP contribution in [0.4, 0.5) is 0 Å². The Hall–Kier alpha value is -1.84. The van der Waals surface area contributed by atoms with Gasteiger partial charge in [0.25, 0.3) is 0 Å². The van der Waals surface area contributed by atoms with Crippen molar-refractivity contribution >= 4 is 11.8 Å². The van der Waals surface area contributed by atoms with E-state index >= 15 is 0 Å². The third kappa shape index (κ3) is 4.22. The van der Waals surface area contributed by atoms with Crippen LogP contribution in [0, 0.1) is 5.41 Å². The van der Waals surface area contributed by atoms with E-state index in [1.807, 2.05) is 0 Å². The van der Waals surface area contributed by atoms with Crippen LogP contribution in [0.25, 0.3) is 0 Å². The number of carbonyl (C=O) groups excluding carboxylic acids is 2. The molecule has 0 bridgehead atoms. The quantitative estimate of drug-likeness (QED) is 0.756. The minimum absolute atomic E-state index is 0.0349. The molecule has 0 radical (unpaired) electrons. The third-order valence-electron chi connectivity index (χ3n) is 7.24. The van der Waals surface area contributed by atoms with Crippen LogP contribution in [-0.4, -0.2) is 47.8 Å². The lowest BCUT2D eigenvalue weighted by atomic mass is 9.73. The van der Waals surface area contributed by atoms with Gasteiger partial charge in [-0.3, -0.25) is 9.59 Å². The highest BCUT2D eigenvalue weighted by Gasteiger charge is 2.46. The fourth-order valence-electron chi connectivity index (χ4n) is 5.74. The van der Waals surface area contributed by atoms with E-state index in [0.29, 0.717) is 30.6 Å². The van der Waals surface area contributed by atoms with E-state index in [1.54, 1.807) is 0 Å². The zero-order chi connectivity index (χ0) is 20.6. The Morgan fingerprint density at radius 2 is 1.59 bits per heavy atom. The molecule has 1 aliphatic carbocycles. The first-order chi connectivity index (χ1) is 13.8. The van der Waals surface area contributed by atoms with Crippen molar-refractivity contribution in [3.8, 4) is 0 Å². The molecule has 2 aliphatic heterocycles. The molecule has 1 atom stereocenters. The van der Waals surface area contributed by atoms with Gasteiger partial charge in [-0.2, -0.15) is 0 Å². The molecule has 2 amide bonds. The van der Waals surface area contributed by atoms with Crippen molar-refractivity contribution < 1.29 is 9.59 Å². The SMILES string of the molecule is CC(C)(C)CC(=O)N1CCC2(CC1)C[C@H](CC(=O)N1CCCC1)c1ccccc12. The van der Waals surface area contributed by atoms with Crippen molar-refractivity contribution in [2.24, 2.45) is 5.41 Å². The molecule has 1 aromatic carbocycles. The van der Waals surface area contributed by atoms with Gasteiger partial charge in [0.2, 0.25) is 11.8 Å². The van der Waals surface area contributed by atoms with Crippen LogP contribution in [0.3, 0.4) is 0 Å². The van der Waals surface area contributed by atoms with Gasteiger partial charge in [0.05, 0.1) is 0 Å². The average Bonchev–Trinajstić information content (AvgIpc) is 3.30. The second-order valence-corrected chi connectivity index (χ2v) is 10.7. The summed E-state index contributed by atoms with van der Waals surface area (Å²) in [4.78, 5) is 29.7. The number of carbonyl (C=O) groups is 2. The molecule has 2 heterocycles. The molecule has 1 aromatic rings. The van der Waals surface area contributed by atoms with Gasteiger partial charge in [0, 0.05) is 39.0 Å². The van der Waals surface area contributed by atoms with Crippen LogP contribution < -0.4 is 0 Å². The van der Waals surface area contributed by atoms with Crippen LogP contribution in [0.15, 0.2) is 24.3 Å². The van der Waals surface area contributed by atoms with Crippen LogP contribution >= 0.6 is 0 Å². The van der Waals surface area contributed by atoms with Gasteiger partial charge in [-0.15, -0.1) is 0 Å². The molecular formula is C25H36N2O2. The largest absolute Gasteiger partial charge is 0.343 e. The Balaban J connectivity index is 1.46. The monoisotopic (exact) mass is 396 g/mol. The molecule has 0 aromatic heterocycles. The number of benzene rings is 1. The fourth-order valence-corrected chi connectivity index (χ4v) is 5.74. The molecule has 4 nitrogen and oxygen atoms in total. The summed E-state index contributed by atoms with van der Waals surface area (Å²) in [5.74, 6) is 0.952. The van der Waals surface area contributed by atoms with Gasteiger partial charge >= 0.3 is 0 Å². The molecule has 2 fully saturated rings. The summed E-state index contributed by atoms with van der Waals surface area (Å²) < 4.78 is 0. The minimum atomic E-state index is 0.0349. The molecule has 4 rings (SSSR count). The number of rotatable bonds is 3. The van der Waals surface area contributed by atoms with Crippen molar-refractivity contribution in [1.82, 2.24) is 9.80 Å². The van der Waals surface area contributed by atoms with Gasteiger partial charge in [0.15, 0.2) is 0 Å². The van der Waals surface area contributed by atoms with E-state index in [9.17, 15) is 9.59 Å². The topological polar surface area (TPSA) is 40.6 Å². The Labute approximate surface area is 175 Å². The standard InChI is InChI=1S/C25H36N2O2/c1-24(2,3)18-23(29)27-14-10-25(11-15-27)17-19(20-8-4-5-9-21(20)25)16-22(28)26-12-6-7-13-26/h4-5,8-9,19H,6-7,10-18H2,1-3H3/t19-/m0/s1. The van der Waals surface area contributed by atoms with E-state index < -0.39 is 0 Å². The van der Waals surface area contributed by atoms with Crippen LogP contribution in [0.2, 0.25) is 0 Å². The van der Waals surface area contributed by atoms with Crippen molar-refractivity contribution in [3.05, 3.63) is 35.4 Å². The number of amides is 2. The summed E-state index contributed by atoms with van der Waals surface area (Å²) in [5.41, 5.74) is 3.01. The Bertz CT molecular complexity index is 765. The lowest BCUT2D eigenvalue weighted by molar-refractivity contribution is -0.134. The van der Waals surface area contributed by atoms with Gasteiger partial charge in [-0.05, 0) is 60.0 Å². The van der Waals surface area contributed by atoms with Crippen LogP contribution in [-0.2, 0) is 15.0 Å². The molecule has 1 spiro atoms. The maximum Gasteiger partial charge on any atom is 0.223 e. The summed E-state index contributed by atoms with van der Waals surface area (Å²) in [7, 11) is 0. The molecule has 3 aliphatic rings. The molecule has 0 N–H and O–H groups in total. The highest BCUT2D eigenvalue weighted by Crippen LogP contribution is 2.52. The highest BCUT2D eigenvalue weighted by molar-refractivity contribution is 5.78. The summed E-state index contributed by atoms with van der Waals surface area (Å²) >= 11 is 0. The number of hydrogen-bond donors (Lipinski definition) is 0. The molecule has 2 saturated heterocycles. The number of likely N-dealkylation sites (tertiary alicyclic amines) is 2. The predicted octanol–water partition coefficient (Wildman–Crippen LogP) is 4.48. The lowest BCUT2D eigenvalue weighted by Crippen LogP contribution is -2.45. The predicted molar refractivity (Wildman–Crippen MR) is 116 cm³/mol. The van der Waals surface area contributed by atoms with Gasteiger partial charge in [-0.1, -0.05) is 45.0 Å². The minimum Gasteiger partial charge on any atom is -0.343 e. The molecule has 0 unspecified atom stereocenters. The maximum atomic E-state index is 12.8. The summed E-state index contributed by atoms with van der Waals surface area (Å²) in [5, 5.41) is 0. The second kappa shape index (κ2) is 7.77. The highest BCUT2D eigenvalue weighted by atomic mass is 16.2. The molecule has 0 saturated carbocycles. The number of piperidine rings is 1. The number of fused-ring (bicyclic) bond motifs is 2. The average molecular weight is 397 g/mol. The van der Waals surface area contributed by atoms with Gasteiger partial charge in [0.1, 0.15) is 0 Å². The zero-order valence-corrected chi connectivity index (χ0v) is 18.4. The normalized spacial score (nSPS) is 23.5. The summed E-state index contributed by atoms with van der Waals surface area (Å²) in [6.07, 6.45) is 6.66. The third-order valence-corrected chi connectivity index (χ3v) is 7.24. The molecule has 4 heteroatoms. The van der Waals surface area contributed by atoms with Gasteiger partial charge < -0.3 is 9.80 Å². The maximum absolute atomic E-state index is 12.8. The van der Waals surface area contributed by atoms with E-state index in [4.69, 9.17) is 0 Å². The Morgan fingerprint density at radius 3 is 2.24 bits per heavy atom. The summed E-state index contributed by atoms with van der Waals surface area (Å²) in [6, 6.07) is 8.78. The van der Waals surface area contributed by atoms with Crippen LogP contribution in [0.5, 0.6) is 0 Å². The molecule has 29 heavy (non-hydrogen) atoms.